The first-order valence-electron chi connectivity index (χ1n) is 6.81. The van der Waals surface area contributed by atoms with E-state index < -0.39 is 0 Å². The summed E-state index contributed by atoms with van der Waals surface area (Å²) in [6, 6.07) is 4.27. The number of nitrogens with zero attached hydrogens (tertiary/aromatic N) is 3. The molecule has 1 aliphatic heterocycles. The van der Waals surface area contributed by atoms with E-state index in [9.17, 15) is 0 Å². The summed E-state index contributed by atoms with van der Waals surface area (Å²) in [7, 11) is 0. The Labute approximate surface area is 120 Å². The van der Waals surface area contributed by atoms with Crippen molar-refractivity contribution in [3.05, 3.63) is 29.6 Å². The molecule has 20 heavy (non-hydrogen) atoms. The van der Waals surface area contributed by atoms with Crippen LogP contribution in [-0.2, 0) is 0 Å². The maximum absolute atomic E-state index is 5.40. The van der Waals surface area contributed by atoms with Crippen LogP contribution in [0.5, 0.6) is 0 Å². The van der Waals surface area contributed by atoms with Gasteiger partial charge in [0.1, 0.15) is 0 Å². The predicted molar refractivity (Wildman–Crippen MR) is 77.5 cm³/mol. The van der Waals surface area contributed by atoms with Crippen molar-refractivity contribution >= 4 is 21.6 Å². The Hall–Kier alpha value is -1.79. The third kappa shape index (κ3) is 2.10. The molecule has 0 aromatic carbocycles. The molecule has 1 aliphatic rings. The number of aromatic nitrogens is 3. The van der Waals surface area contributed by atoms with Gasteiger partial charge in [-0.15, -0.1) is 11.3 Å². The molecule has 0 aliphatic carbocycles. The predicted octanol–water partition coefficient (Wildman–Crippen LogP) is 3.16. The van der Waals surface area contributed by atoms with Gasteiger partial charge in [0.25, 0.3) is 0 Å². The van der Waals surface area contributed by atoms with Crippen molar-refractivity contribution in [1.82, 2.24) is 20.4 Å². The summed E-state index contributed by atoms with van der Waals surface area (Å²) < 4.78 is 6.55. The van der Waals surface area contributed by atoms with E-state index in [2.05, 4.69) is 26.5 Å². The van der Waals surface area contributed by atoms with E-state index in [1.807, 2.05) is 11.4 Å². The molecule has 4 rings (SSSR count). The van der Waals surface area contributed by atoms with Crippen molar-refractivity contribution in [3.63, 3.8) is 0 Å². The second-order valence-electron chi connectivity index (χ2n) is 4.99. The van der Waals surface area contributed by atoms with Crippen molar-refractivity contribution in [1.29, 1.82) is 0 Å². The largest absolute Gasteiger partial charge is 0.337 e. The quantitative estimate of drug-likeness (QED) is 0.784. The molecule has 0 bridgehead atoms. The van der Waals surface area contributed by atoms with E-state index in [-0.39, 0.29) is 6.04 Å². The molecular formula is C14H14N4OS. The Kier molecular flexibility index (Phi) is 2.97. The van der Waals surface area contributed by atoms with Crippen molar-refractivity contribution in [3.8, 4) is 11.4 Å². The highest BCUT2D eigenvalue weighted by molar-refractivity contribution is 7.17. The number of hydrogen-bond donors (Lipinski definition) is 1. The van der Waals surface area contributed by atoms with Gasteiger partial charge < -0.3 is 9.84 Å². The molecule has 1 atom stereocenters. The summed E-state index contributed by atoms with van der Waals surface area (Å²) in [5.41, 5.74) is 1.92. The van der Waals surface area contributed by atoms with E-state index >= 15 is 0 Å². The van der Waals surface area contributed by atoms with Crippen LogP contribution in [0.15, 0.2) is 28.2 Å². The SMILES string of the molecule is c1cc2ncc(-c3noc(C4CCCCN4)n3)cc2s1. The van der Waals surface area contributed by atoms with Crippen molar-refractivity contribution in [2.24, 2.45) is 0 Å². The average molecular weight is 286 g/mol. The van der Waals surface area contributed by atoms with Gasteiger partial charge in [-0.25, -0.2) is 0 Å². The summed E-state index contributed by atoms with van der Waals surface area (Å²) in [5, 5.41) is 9.54. The normalized spacial score (nSPS) is 19.5. The minimum atomic E-state index is 0.198. The average Bonchev–Trinajstić information content (AvgIpc) is 3.16. The van der Waals surface area contributed by atoms with Gasteiger partial charge >= 0.3 is 0 Å². The van der Waals surface area contributed by atoms with Crippen molar-refractivity contribution in [2.75, 3.05) is 6.54 Å². The van der Waals surface area contributed by atoms with Crippen molar-refractivity contribution in [2.45, 2.75) is 25.3 Å². The first-order chi connectivity index (χ1) is 9.90. The Morgan fingerprint density at radius 1 is 1.35 bits per heavy atom. The van der Waals surface area contributed by atoms with Gasteiger partial charge in [0.2, 0.25) is 11.7 Å². The van der Waals surface area contributed by atoms with Crippen LogP contribution in [0.4, 0.5) is 0 Å². The highest BCUT2D eigenvalue weighted by Gasteiger charge is 2.21. The molecule has 3 aromatic heterocycles. The van der Waals surface area contributed by atoms with Gasteiger partial charge in [0, 0.05) is 11.8 Å². The van der Waals surface area contributed by atoms with Gasteiger partial charge in [-0.2, -0.15) is 4.98 Å². The monoisotopic (exact) mass is 286 g/mol. The molecule has 6 heteroatoms. The Morgan fingerprint density at radius 2 is 2.35 bits per heavy atom. The van der Waals surface area contributed by atoms with Gasteiger partial charge in [-0.3, -0.25) is 4.98 Å². The molecule has 102 valence electrons. The summed E-state index contributed by atoms with van der Waals surface area (Å²) in [5.74, 6) is 1.31. The van der Waals surface area contributed by atoms with E-state index in [1.54, 1.807) is 17.5 Å². The fraction of sp³-hybridized carbons (Fsp3) is 0.357. The molecule has 0 spiro atoms. The second kappa shape index (κ2) is 4.96. The summed E-state index contributed by atoms with van der Waals surface area (Å²) in [4.78, 5) is 8.93. The van der Waals surface area contributed by atoms with Crippen molar-refractivity contribution < 1.29 is 4.52 Å². The minimum Gasteiger partial charge on any atom is -0.337 e. The molecular weight excluding hydrogens is 272 g/mol. The van der Waals surface area contributed by atoms with Crippen LogP contribution in [0.2, 0.25) is 0 Å². The molecule has 0 radical (unpaired) electrons. The lowest BCUT2D eigenvalue weighted by atomic mass is 10.1. The number of nitrogens with one attached hydrogen (secondary N) is 1. The Morgan fingerprint density at radius 3 is 3.25 bits per heavy atom. The number of hydrogen-bond acceptors (Lipinski definition) is 6. The van der Waals surface area contributed by atoms with E-state index in [1.165, 1.54) is 12.8 Å². The number of rotatable bonds is 2. The Balaban J connectivity index is 1.66. The van der Waals surface area contributed by atoms with Crippen LogP contribution in [0.25, 0.3) is 21.6 Å². The van der Waals surface area contributed by atoms with Gasteiger partial charge in [-0.05, 0) is 36.9 Å². The fourth-order valence-corrected chi connectivity index (χ4v) is 3.31. The van der Waals surface area contributed by atoms with Crippen LogP contribution >= 0.6 is 11.3 Å². The lowest BCUT2D eigenvalue weighted by Crippen LogP contribution is -2.26. The molecule has 5 nitrogen and oxygen atoms in total. The standard InChI is InChI=1S/C14H14N4OS/c1-2-5-15-11(3-1)14-17-13(18-19-14)9-7-12-10(16-8-9)4-6-20-12/h4,6-8,11,15H,1-3,5H2. The first-order valence-corrected chi connectivity index (χ1v) is 7.69. The highest BCUT2D eigenvalue weighted by Crippen LogP contribution is 2.26. The summed E-state index contributed by atoms with van der Waals surface area (Å²) >= 11 is 1.67. The molecule has 1 N–H and O–H groups in total. The maximum Gasteiger partial charge on any atom is 0.244 e. The zero-order valence-corrected chi connectivity index (χ0v) is 11.7. The lowest BCUT2D eigenvalue weighted by molar-refractivity contribution is 0.297. The molecule has 3 aromatic rings. The summed E-state index contributed by atoms with van der Waals surface area (Å²) in [6.45, 7) is 1.02. The van der Waals surface area contributed by atoms with Gasteiger partial charge in [-0.1, -0.05) is 11.6 Å². The van der Waals surface area contributed by atoms with Crippen LogP contribution in [-0.4, -0.2) is 21.7 Å². The van der Waals surface area contributed by atoms with Gasteiger partial charge in [0.15, 0.2) is 0 Å². The topological polar surface area (TPSA) is 63.8 Å². The van der Waals surface area contributed by atoms with Crippen LogP contribution in [0, 0.1) is 0 Å². The number of piperidine rings is 1. The smallest absolute Gasteiger partial charge is 0.244 e. The Bertz CT molecular complexity index is 729. The zero-order valence-electron chi connectivity index (χ0n) is 10.9. The van der Waals surface area contributed by atoms with Crippen LogP contribution in [0.1, 0.15) is 31.2 Å². The van der Waals surface area contributed by atoms with Crippen LogP contribution < -0.4 is 5.32 Å². The first kappa shape index (κ1) is 12.0. The number of thiophene rings is 1. The fourth-order valence-electron chi connectivity index (χ4n) is 2.53. The highest BCUT2D eigenvalue weighted by atomic mass is 32.1. The van der Waals surface area contributed by atoms with E-state index in [0.29, 0.717) is 11.7 Å². The minimum absolute atomic E-state index is 0.198. The number of pyridine rings is 1. The maximum atomic E-state index is 5.40. The number of fused-ring (bicyclic) bond motifs is 1. The third-order valence-corrected chi connectivity index (χ3v) is 4.46. The molecule has 1 unspecified atom stereocenters. The van der Waals surface area contributed by atoms with E-state index in [0.717, 1.165) is 28.7 Å². The molecule has 0 amide bonds. The van der Waals surface area contributed by atoms with E-state index in [4.69, 9.17) is 4.52 Å². The zero-order chi connectivity index (χ0) is 13.4. The molecule has 1 saturated heterocycles. The molecule has 1 fully saturated rings. The van der Waals surface area contributed by atoms with Gasteiger partial charge in [0.05, 0.1) is 16.3 Å². The molecule has 0 saturated carbocycles. The lowest BCUT2D eigenvalue weighted by Gasteiger charge is -2.19. The third-order valence-electron chi connectivity index (χ3n) is 3.61. The van der Waals surface area contributed by atoms with Crippen LogP contribution in [0.3, 0.4) is 0 Å². The second-order valence-corrected chi connectivity index (χ2v) is 5.93. The molecule has 4 heterocycles. The summed E-state index contributed by atoms with van der Waals surface area (Å²) in [6.07, 6.45) is 5.29.